The van der Waals surface area contributed by atoms with Gasteiger partial charge in [-0.05, 0) is 50.6 Å². The van der Waals surface area contributed by atoms with Crippen LogP contribution in [0.15, 0.2) is 42.7 Å². The fourth-order valence-electron chi connectivity index (χ4n) is 3.55. The van der Waals surface area contributed by atoms with Crippen molar-refractivity contribution >= 4 is 11.3 Å². The van der Waals surface area contributed by atoms with Crippen molar-refractivity contribution in [1.29, 1.82) is 0 Å². The number of anilines is 1. The molecule has 0 aliphatic carbocycles. The largest absolute Gasteiger partial charge is 0.353 e. The molecule has 1 fully saturated rings. The number of aromatic nitrogens is 3. The molecule has 5 heteroatoms. The molecule has 1 aliphatic rings. The maximum atomic E-state index is 4.93. The lowest BCUT2D eigenvalue weighted by atomic mass is 10.1. The van der Waals surface area contributed by atoms with Crippen molar-refractivity contribution < 1.29 is 0 Å². The van der Waals surface area contributed by atoms with E-state index < -0.39 is 0 Å². The van der Waals surface area contributed by atoms with Gasteiger partial charge in [-0.25, -0.2) is 9.50 Å². The second-order valence-corrected chi connectivity index (χ2v) is 6.85. The minimum absolute atomic E-state index is 0.471. The van der Waals surface area contributed by atoms with Gasteiger partial charge in [0.15, 0.2) is 0 Å². The summed E-state index contributed by atoms with van der Waals surface area (Å²) >= 11 is 0. The first-order valence-electron chi connectivity index (χ1n) is 8.52. The molecule has 1 saturated heterocycles. The molecule has 5 nitrogen and oxygen atoms in total. The van der Waals surface area contributed by atoms with Gasteiger partial charge in [0.05, 0.1) is 17.4 Å². The topological polar surface area (TPSA) is 45.5 Å². The van der Waals surface area contributed by atoms with Crippen LogP contribution in [-0.4, -0.2) is 39.8 Å². The summed E-state index contributed by atoms with van der Waals surface area (Å²) in [5.41, 5.74) is 4.38. The minimum atomic E-state index is 0.471. The van der Waals surface area contributed by atoms with Crippen molar-refractivity contribution in [3.63, 3.8) is 0 Å². The second-order valence-electron chi connectivity index (χ2n) is 6.85. The van der Waals surface area contributed by atoms with E-state index in [1.807, 2.05) is 16.9 Å². The van der Waals surface area contributed by atoms with Gasteiger partial charge in [-0.2, -0.15) is 5.10 Å². The monoisotopic (exact) mass is 321 g/mol. The van der Waals surface area contributed by atoms with Crippen molar-refractivity contribution in [2.24, 2.45) is 0 Å². The molecule has 0 aromatic carbocycles. The van der Waals surface area contributed by atoms with Crippen LogP contribution in [0.3, 0.4) is 0 Å². The third kappa shape index (κ3) is 2.76. The predicted octanol–water partition coefficient (Wildman–Crippen LogP) is 2.89. The van der Waals surface area contributed by atoms with E-state index in [0.29, 0.717) is 12.1 Å². The zero-order valence-electron chi connectivity index (χ0n) is 14.4. The zero-order valence-corrected chi connectivity index (χ0v) is 14.4. The van der Waals surface area contributed by atoms with E-state index in [0.717, 1.165) is 35.7 Å². The molecule has 1 N–H and O–H groups in total. The highest BCUT2D eigenvalue weighted by atomic mass is 15.3. The van der Waals surface area contributed by atoms with Crippen molar-refractivity contribution in [2.75, 3.05) is 18.0 Å². The first-order valence-corrected chi connectivity index (χ1v) is 8.52. The standard InChI is InChI=1S/C19H23N5/c1-13-7-8-24-18(9-13)16(10-20-24)17-5-4-6-19(22-17)23-11-14(2)21-15(3)12-23/h4-10,14-15,21H,11-12H2,1-3H3/t14-,15+. The first-order chi connectivity index (χ1) is 11.6. The van der Waals surface area contributed by atoms with Crippen LogP contribution in [0.5, 0.6) is 0 Å². The number of rotatable bonds is 2. The van der Waals surface area contributed by atoms with E-state index in [1.165, 1.54) is 5.56 Å². The highest BCUT2D eigenvalue weighted by Gasteiger charge is 2.22. The molecule has 1 aliphatic heterocycles. The van der Waals surface area contributed by atoms with Gasteiger partial charge in [-0.1, -0.05) is 6.07 Å². The summed E-state index contributed by atoms with van der Waals surface area (Å²) in [6.45, 7) is 8.51. The minimum Gasteiger partial charge on any atom is -0.353 e. The molecular formula is C19H23N5. The molecule has 24 heavy (non-hydrogen) atoms. The Kier molecular flexibility index (Phi) is 3.73. The molecule has 4 heterocycles. The SMILES string of the molecule is Cc1ccn2ncc(-c3cccc(N4C[C@@H](C)N[C@@H](C)C4)n3)c2c1. The van der Waals surface area contributed by atoms with E-state index in [1.54, 1.807) is 0 Å². The third-order valence-corrected chi connectivity index (χ3v) is 4.57. The van der Waals surface area contributed by atoms with Gasteiger partial charge in [0.25, 0.3) is 0 Å². The number of aryl methyl sites for hydroxylation is 1. The number of nitrogens with one attached hydrogen (secondary N) is 1. The molecule has 3 aromatic heterocycles. The third-order valence-electron chi connectivity index (χ3n) is 4.57. The van der Waals surface area contributed by atoms with Crippen LogP contribution >= 0.6 is 0 Å². The lowest BCUT2D eigenvalue weighted by molar-refractivity contribution is 0.405. The van der Waals surface area contributed by atoms with Crippen molar-refractivity contribution in [1.82, 2.24) is 19.9 Å². The Morgan fingerprint density at radius 3 is 2.71 bits per heavy atom. The highest BCUT2D eigenvalue weighted by Crippen LogP contribution is 2.26. The van der Waals surface area contributed by atoms with Gasteiger partial charge in [-0.15, -0.1) is 0 Å². The summed E-state index contributed by atoms with van der Waals surface area (Å²) in [6.07, 6.45) is 3.90. The fraction of sp³-hybridized carbons (Fsp3) is 0.368. The average Bonchev–Trinajstić information content (AvgIpc) is 2.97. The van der Waals surface area contributed by atoms with Crippen LogP contribution in [0, 0.1) is 6.92 Å². The van der Waals surface area contributed by atoms with Crippen LogP contribution in [-0.2, 0) is 0 Å². The first kappa shape index (κ1) is 15.1. The summed E-state index contributed by atoms with van der Waals surface area (Å²) in [4.78, 5) is 7.30. The number of nitrogens with zero attached hydrogens (tertiary/aromatic N) is 4. The lowest BCUT2D eigenvalue weighted by Crippen LogP contribution is -2.54. The Bertz CT molecular complexity index is 859. The Hall–Kier alpha value is -2.40. The molecule has 0 spiro atoms. The highest BCUT2D eigenvalue weighted by molar-refractivity contribution is 5.78. The lowest BCUT2D eigenvalue weighted by Gasteiger charge is -2.37. The number of piperazine rings is 1. The molecule has 124 valence electrons. The normalized spacial score (nSPS) is 21.4. The van der Waals surface area contributed by atoms with Crippen LogP contribution in [0.4, 0.5) is 5.82 Å². The van der Waals surface area contributed by atoms with Crippen molar-refractivity contribution in [3.8, 4) is 11.3 Å². The van der Waals surface area contributed by atoms with E-state index in [4.69, 9.17) is 4.98 Å². The molecule has 0 bridgehead atoms. The fourth-order valence-corrected chi connectivity index (χ4v) is 3.55. The van der Waals surface area contributed by atoms with E-state index in [2.05, 4.69) is 66.4 Å². The Labute approximate surface area is 142 Å². The van der Waals surface area contributed by atoms with Crippen LogP contribution in [0.25, 0.3) is 16.8 Å². The summed E-state index contributed by atoms with van der Waals surface area (Å²) in [6, 6.07) is 11.4. The van der Waals surface area contributed by atoms with Gasteiger partial charge in [0.1, 0.15) is 5.82 Å². The van der Waals surface area contributed by atoms with Crippen molar-refractivity contribution in [2.45, 2.75) is 32.9 Å². The maximum Gasteiger partial charge on any atom is 0.129 e. The summed E-state index contributed by atoms with van der Waals surface area (Å²) in [5.74, 6) is 1.04. The van der Waals surface area contributed by atoms with E-state index >= 15 is 0 Å². The number of fused-ring (bicyclic) bond motifs is 1. The van der Waals surface area contributed by atoms with Crippen LogP contribution in [0.2, 0.25) is 0 Å². The number of pyridine rings is 2. The van der Waals surface area contributed by atoms with Crippen LogP contribution < -0.4 is 10.2 Å². The smallest absolute Gasteiger partial charge is 0.129 e. The second kappa shape index (κ2) is 5.91. The van der Waals surface area contributed by atoms with E-state index in [-0.39, 0.29) is 0 Å². The molecule has 2 atom stereocenters. The summed E-state index contributed by atoms with van der Waals surface area (Å²) in [5, 5.41) is 8.02. The molecule has 4 rings (SSSR count). The molecule has 0 unspecified atom stereocenters. The zero-order chi connectivity index (χ0) is 16.7. The molecule has 0 radical (unpaired) electrons. The van der Waals surface area contributed by atoms with E-state index in [9.17, 15) is 0 Å². The predicted molar refractivity (Wildman–Crippen MR) is 97.4 cm³/mol. The Balaban J connectivity index is 1.73. The van der Waals surface area contributed by atoms with Gasteiger partial charge < -0.3 is 10.2 Å². The molecular weight excluding hydrogens is 298 g/mol. The molecule has 0 saturated carbocycles. The molecule has 3 aromatic rings. The molecule has 0 amide bonds. The number of hydrogen-bond acceptors (Lipinski definition) is 4. The van der Waals surface area contributed by atoms with Crippen molar-refractivity contribution in [3.05, 3.63) is 48.3 Å². The Morgan fingerprint density at radius 2 is 1.92 bits per heavy atom. The summed E-state index contributed by atoms with van der Waals surface area (Å²) < 4.78 is 1.91. The summed E-state index contributed by atoms with van der Waals surface area (Å²) in [7, 11) is 0. The quantitative estimate of drug-likeness (QED) is 0.788. The van der Waals surface area contributed by atoms with Gasteiger partial charge in [-0.3, -0.25) is 0 Å². The maximum absolute atomic E-state index is 4.93. The average molecular weight is 321 g/mol. The van der Waals surface area contributed by atoms with Gasteiger partial charge >= 0.3 is 0 Å². The number of hydrogen-bond donors (Lipinski definition) is 1. The Morgan fingerprint density at radius 1 is 1.12 bits per heavy atom. The van der Waals surface area contributed by atoms with Gasteiger partial charge in [0.2, 0.25) is 0 Å². The van der Waals surface area contributed by atoms with Gasteiger partial charge in [0, 0.05) is 36.9 Å². The van der Waals surface area contributed by atoms with Crippen LogP contribution in [0.1, 0.15) is 19.4 Å².